The molecule has 4 aromatic rings. The average molecular weight is 668 g/mol. The van der Waals surface area contributed by atoms with Crippen molar-refractivity contribution >= 4 is 52.7 Å². The number of ether oxygens (including phenoxy) is 3. The Hall–Kier alpha value is -5.55. The molecule has 248 valence electrons. The number of Topliss-reactive ketones (excluding diaryl/α,β-unsaturated/α-hetero) is 1. The number of hydrogen-bond donors (Lipinski definition) is 3. The van der Waals surface area contributed by atoms with Crippen LogP contribution in [0.15, 0.2) is 102 Å². The molecule has 0 spiro atoms. The summed E-state index contributed by atoms with van der Waals surface area (Å²) < 4.78 is 16.3. The zero-order chi connectivity index (χ0) is 34.6. The lowest BCUT2D eigenvalue weighted by molar-refractivity contribution is -0.116. The predicted octanol–water partition coefficient (Wildman–Crippen LogP) is 6.83. The first-order valence-corrected chi connectivity index (χ1v) is 15.9. The first-order chi connectivity index (χ1) is 23.1. The third kappa shape index (κ3) is 9.26. The maximum atomic E-state index is 13.7. The van der Waals surface area contributed by atoms with Crippen molar-refractivity contribution in [2.75, 3.05) is 32.0 Å². The second-order valence-electron chi connectivity index (χ2n) is 10.5. The van der Waals surface area contributed by atoms with E-state index in [1.807, 2.05) is 13.0 Å². The van der Waals surface area contributed by atoms with Crippen LogP contribution in [-0.4, -0.2) is 50.1 Å². The molecule has 1 unspecified atom stereocenters. The molecule has 0 saturated carbocycles. The fourth-order valence-corrected chi connectivity index (χ4v) is 5.65. The van der Waals surface area contributed by atoms with Crippen LogP contribution in [0.25, 0.3) is 6.08 Å². The molecule has 0 heterocycles. The summed E-state index contributed by atoms with van der Waals surface area (Å²) in [6, 6.07) is 25.7. The Morgan fingerprint density at radius 3 is 2.00 bits per heavy atom. The van der Waals surface area contributed by atoms with Crippen molar-refractivity contribution in [3.63, 3.8) is 0 Å². The van der Waals surface area contributed by atoms with Gasteiger partial charge in [0.25, 0.3) is 11.8 Å². The van der Waals surface area contributed by atoms with Gasteiger partial charge in [-0.3, -0.25) is 19.2 Å². The lowest BCUT2D eigenvalue weighted by Gasteiger charge is -2.16. The monoisotopic (exact) mass is 667 g/mol. The van der Waals surface area contributed by atoms with E-state index in [0.29, 0.717) is 51.7 Å². The molecular formula is C37H37N3O7S. The summed E-state index contributed by atoms with van der Waals surface area (Å²) in [6.45, 7) is 3.40. The molecule has 0 radical (unpaired) electrons. The van der Waals surface area contributed by atoms with Crippen molar-refractivity contribution in [3.05, 3.63) is 113 Å². The minimum Gasteiger partial charge on any atom is -0.493 e. The Kier molecular flexibility index (Phi) is 12.4. The fraction of sp³-hybridized carbons (Fsp3) is 0.189. The van der Waals surface area contributed by atoms with Crippen LogP contribution in [0.1, 0.15) is 46.5 Å². The first kappa shape index (κ1) is 35.3. The molecule has 0 aromatic heterocycles. The maximum Gasteiger partial charge on any atom is 0.272 e. The van der Waals surface area contributed by atoms with Crippen molar-refractivity contribution in [1.82, 2.24) is 5.32 Å². The molecule has 0 fully saturated rings. The zero-order valence-corrected chi connectivity index (χ0v) is 28.1. The molecule has 0 saturated heterocycles. The van der Waals surface area contributed by atoms with Gasteiger partial charge < -0.3 is 30.2 Å². The lowest BCUT2D eigenvalue weighted by atomic mass is 10.1. The van der Waals surface area contributed by atoms with E-state index in [2.05, 4.69) is 16.0 Å². The summed E-state index contributed by atoms with van der Waals surface area (Å²) >= 11 is 1.35. The number of thioether (sulfide) groups is 1. The van der Waals surface area contributed by atoms with E-state index in [4.69, 9.17) is 14.2 Å². The Labute approximate surface area is 283 Å². The van der Waals surface area contributed by atoms with Crippen LogP contribution in [0.3, 0.4) is 0 Å². The summed E-state index contributed by atoms with van der Waals surface area (Å²) in [5.41, 5.74) is 2.48. The SMILES string of the molecule is CCC(Sc1cccc(NC(=O)/C(=C\c2cc(OC)c(OC)c(OC)c2)NC(=O)c2ccccc2)c1)C(=O)Nc1ccc(C(C)=O)cc1. The second-order valence-corrected chi connectivity index (χ2v) is 11.7. The molecule has 48 heavy (non-hydrogen) atoms. The van der Waals surface area contributed by atoms with Gasteiger partial charge in [0.05, 0.1) is 26.6 Å². The summed E-state index contributed by atoms with van der Waals surface area (Å²) in [4.78, 5) is 52.3. The Morgan fingerprint density at radius 2 is 1.42 bits per heavy atom. The Morgan fingerprint density at radius 1 is 0.750 bits per heavy atom. The summed E-state index contributed by atoms with van der Waals surface area (Å²) in [5.74, 6) is -0.142. The van der Waals surface area contributed by atoms with Crippen LogP contribution >= 0.6 is 11.8 Å². The summed E-state index contributed by atoms with van der Waals surface area (Å²) in [6.07, 6.45) is 2.06. The second kappa shape index (κ2) is 16.8. The van der Waals surface area contributed by atoms with Gasteiger partial charge in [0.1, 0.15) is 5.70 Å². The number of carbonyl (C=O) groups is 4. The normalized spacial score (nSPS) is 11.6. The van der Waals surface area contributed by atoms with Gasteiger partial charge in [-0.05, 0) is 91.7 Å². The van der Waals surface area contributed by atoms with Crippen LogP contribution in [0.4, 0.5) is 11.4 Å². The molecule has 3 amide bonds. The number of ketones is 1. The highest BCUT2D eigenvalue weighted by Gasteiger charge is 2.20. The largest absolute Gasteiger partial charge is 0.493 e. The number of amides is 3. The van der Waals surface area contributed by atoms with Crippen LogP contribution < -0.4 is 30.2 Å². The van der Waals surface area contributed by atoms with E-state index in [-0.39, 0.29) is 17.4 Å². The molecule has 4 rings (SSSR count). The minimum absolute atomic E-state index is 0.0298. The molecule has 3 N–H and O–H groups in total. The smallest absolute Gasteiger partial charge is 0.272 e. The van der Waals surface area contributed by atoms with Crippen molar-refractivity contribution < 1.29 is 33.4 Å². The number of nitrogens with one attached hydrogen (secondary N) is 3. The fourth-order valence-electron chi connectivity index (χ4n) is 4.64. The molecule has 4 aromatic carbocycles. The van der Waals surface area contributed by atoms with Crippen molar-refractivity contribution in [1.29, 1.82) is 0 Å². The van der Waals surface area contributed by atoms with Crippen LogP contribution in [0.5, 0.6) is 17.2 Å². The zero-order valence-electron chi connectivity index (χ0n) is 27.3. The van der Waals surface area contributed by atoms with Gasteiger partial charge in [-0.2, -0.15) is 0 Å². The predicted molar refractivity (Wildman–Crippen MR) is 188 cm³/mol. The van der Waals surface area contributed by atoms with Gasteiger partial charge in [-0.1, -0.05) is 31.2 Å². The van der Waals surface area contributed by atoms with Crippen molar-refractivity contribution in [2.24, 2.45) is 0 Å². The van der Waals surface area contributed by atoms with Crippen molar-refractivity contribution in [2.45, 2.75) is 30.4 Å². The molecule has 10 nitrogen and oxygen atoms in total. The van der Waals surface area contributed by atoms with Crippen LogP contribution in [0, 0.1) is 0 Å². The molecule has 11 heteroatoms. The quantitative estimate of drug-likeness (QED) is 0.0757. The lowest BCUT2D eigenvalue weighted by Crippen LogP contribution is -2.30. The summed E-state index contributed by atoms with van der Waals surface area (Å²) in [5, 5.41) is 8.07. The van der Waals surface area contributed by atoms with E-state index < -0.39 is 17.1 Å². The standard InChI is InChI=1S/C37H37N3O7S/c1-6-33(37(44)38-27-17-15-25(16-18-27)23(2)41)48-29-14-10-13-28(22-29)39-36(43)30(40-35(42)26-11-8-7-9-12-26)19-24-20-31(45-3)34(47-5)32(21-24)46-4/h7-22,33H,6H2,1-5H3,(H,38,44)(H,39,43)(H,40,42)/b30-19+. The Balaban J connectivity index is 1.56. The topological polar surface area (TPSA) is 132 Å². The first-order valence-electron chi connectivity index (χ1n) is 15.0. The maximum absolute atomic E-state index is 13.7. The number of carbonyl (C=O) groups excluding carboxylic acids is 4. The number of rotatable bonds is 14. The van der Waals surface area contributed by atoms with Gasteiger partial charge in [0.2, 0.25) is 11.7 Å². The number of hydrogen-bond acceptors (Lipinski definition) is 8. The van der Waals surface area contributed by atoms with Gasteiger partial charge in [0, 0.05) is 27.4 Å². The highest BCUT2D eigenvalue weighted by Crippen LogP contribution is 2.38. The highest BCUT2D eigenvalue weighted by atomic mass is 32.2. The number of benzene rings is 4. The van der Waals surface area contributed by atoms with E-state index in [1.54, 1.807) is 84.9 Å². The molecule has 1 atom stereocenters. The minimum atomic E-state index is -0.575. The van der Waals surface area contributed by atoms with Crippen molar-refractivity contribution in [3.8, 4) is 17.2 Å². The third-order valence-corrected chi connectivity index (χ3v) is 8.48. The van der Waals surface area contributed by atoms with E-state index >= 15 is 0 Å². The molecule has 0 bridgehead atoms. The van der Waals surface area contributed by atoms with Crippen LogP contribution in [-0.2, 0) is 9.59 Å². The number of methoxy groups -OCH3 is 3. The highest BCUT2D eigenvalue weighted by molar-refractivity contribution is 8.00. The Bertz CT molecular complexity index is 1780. The molecule has 0 aliphatic carbocycles. The molecular weight excluding hydrogens is 630 g/mol. The van der Waals surface area contributed by atoms with E-state index in [1.165, 1.54) is 46.1 Å². The van der Waals surface area contributed by atoms with Gasteiger partial charge in [0.15, 0.2) is 17.3 Å². The van der Waals surface area contributed by atoms with Crippen LogP contribution in [0.2, 0.25) is 0 Å². The average Bonchev–Trinajstić information content (AvgIpc) is 3.10. The number of anilines is 2. The molecule has 0 aliphatic heterocycles. The third-order valence-electron chi connectivity index (χ3n) is 7.12. The van der Waals surface area contributed by atoms with E-state index in [0.717, 1.165) is 4.90 Å². The van der Waals surface area contributed by atoms with E-state index in [9.17, 15) is 19.2 Å². The summed E-state index contributed by atoms with van der Waals surface area (Å²) in [7, 11) is 4.46. The van der Waals surface area contributed by atoms with Gasteiger partial charge in [-0.15, -0.1) is 11.8 Å². The molecule has 0 aliphatic rings. The van der Waals surface area contributed by atoms with Gasteiger partial charge >= 0.3 is 0 Å². The van der Waals surface area contributed by atoms with Gasteiger partial charge in [-0.25, -0.2) is 0 Å².